The number of hydrazone groups is 1. The van der Waals surface area contributed by atoms with Gasteiger partial charge in [-0.3, -0.25) is 9.10 Å². The molecule has 0 aliphatic heterocycles. The lowest BCUT2D eigenvalue weighted by Gasteiger charge is -2.22. The van der Waals surface area contributed by atoms with Crippen molar-refractivity contribution in [1.82, 2.24) is 5.43 Å². The molecular weight excluding hydrogens is 525 g/mol. The van der Waals surface area contributed by atoms with Gasteiger partial charge in [-0.15, -0.1) is 0 Å². The van der Waals surface area contributed by atoms with E-state index in [1.807, 2.05) is 61.5 Å². The molecule has 1 N–H and O–H groups in total. The Morgan fingerprint density at radius 1 is 0.935 bits per heavy atom. The molecule has 0 aromatic heterocycles. The number of nitrogens with one attached hydrogen (secondary N) is 1. The molecule has 0 saturated heterocycles. The molecule has 0 spiro atoms. The second-order valence-corrected chi connectivity index (χ2v) is 10.1. The van der Waals surface area contributed by atoms with E-state index in [1.54, 1.807) is 24.3 Å². The highest BCUT2D eigenvalue weighted by molar-refractivity contribution is 14.1. The first-order chi connectivity index (χ1) is 14.7. The number of hydrogen-bond donors (Lipinski definition) is 1. The van der Waals surface area contributed by atoms with E-state index in [-0.39, 0.29) is 12.5 Å². The van der Waals surface area contributed by atoms with Crippen molar-refractivity contribution < 1.29 is 13.2 Å². The fraction of sp³-hybridized carbons (Fsp3) is 0.130. The van der Waals surface area contributed by atoms with E-state index in [0.29, 0.717) is 17.0 Å². The van der Waals surface area contributed by atoms with Crippen molar-refractivity contribution in [2.24, 2.45) is 5.10 Å². The van der Waals surface area contributed by atoms with Crippen LogP contribution in [-0.2, 0) is 16.6 Å². The smallest absolute Gasteiger partial charge is 0.267 e. The zero-order valence-electron chi connectivity index (χ0n) is 17.1. The molecule has 1 amide bonds. The Kier molecular flexibility index (Phi) is 7.45. The van der Waals surface area contributed by atoms with Crippen molar-refractivity contribution in [1.29, 1.82) is 0 Å². The highest BCUT2D eigenvalue weighted by atomic mass is 127. The van der Waals surface area contributed by atoms with Crippen LogP contribution in [0.1, 0.15) is 28.4 Å². The second kappa shape index (κ2) is 10.1. The molecule has 6 nitrogen and oxygen atoms in total. The van der Waals surface area contributed by atoms with Crippen molar-refractivity contribution in [3.05, 3.63) is 99.1 Å². The van der Waals surface area contributed by atoms with Crippen molar-refractivity contribution >= 4 is 49.9 Å². The predicted octanol–water partition coefficient (Wildman–Crippen LogP) is 4.41. The van der Waals surface area contributed by atoms with Crippen LogP contribution in [-0.4, -0.2) is 26.3 Å². The quantitative estimate of drug-likeness (QED) is 0.271. The van der Waals surface area contributed by atoms with Crippen molar-refractivity contribution in [2.45, 2.75) is 13.5 Å². The predicted molar refractivity (Wildman–Crippen MR) is 133 cm³/mol. The molecule has 0 aliphatic carbocycles. The molecule has 3 aromatic carbocycles. The van der Waals surface area contributed by atoms with Crippen LogP contribution in [0.15, 0.2) is 84.0 Å². The maximum absolute atomic E-state index is 12.5. The molecule has 3 rings (SSSR count). The van der Waals surface area contributed by atoms with Gasteiger partial charge in [-0.2, -0.15) is 5.10 Å². The molecule has 160 valence electrons. The lowest BCUT2D eigenvalue weighted by atomic mass is 10.1. The Labute approximate surface area is 196 Å². The highest BCUT2D eigenvalue weighted by Gasteiger charge is 2.18. The summed E-state index contributed by atoms with van der Waals surface area (Å²) in [4.78, 5) is 12.5. The summed E-state index contributed by atoms with van der Waals surface area (Å²) in [5.74, 6) is -0.370. The zero-order valence-corrected chi connectivity index (χ0v) is 20.1. The Bertz CT molecular complexity index is 1180. The normalized spacial score (nSPS) is 11.8. The van der Waals surface area contributed by atoms with E-state index in [2.05, 4.69) is 33.1 Å². The van der Waals surface area contributed by atoms with E-state index >= 15 is 0 Å². The van der Waals surface area contributed by atoms with Gasteiger partial charge in [0.1, 0.15) is 0 Å². The minimum atomic E-state index is -3.49. The number of rotatable bonds is 7. The van der Waals surface area contributed by atoms with Crippen LogP contribution in [0.3, 0.4) is 0 Å². The maximum Gasteiger partial charge on any atom is 0.271 e. The molecule has 31 heavy (non-hydrogen) atoms. The van der Waals surface area contributed by atoms with E-state index in [4.69, 9.17) is 0 Å². The van der Waals surface area contributed by atoms with Gasteiger partial charge in [0.15, 0.2) is 0 Å². The van der Waals surface area contributed by atoms with Gasteiger partial charge in [0.05, 0.1) is 24.2 Å². The fourth-order valence-electron chi connectivity index (χ4n) is 2.88. The summed E-state index contributed by atoms with van der Waals surface area (Å²) < 4.78 is 27.1. The van der Waals surface area contributed by atoms with Gasteiger partial charge in [0.25, 0.3) is 5.91 Å². The van der Waals surface area contributed by atoms with Gasteiger partial charge in [-0.25, -0.2) is 13.8 Å². The number of benzene rings is 3. The molecule has 0 saturated carbocycles. The first-order valence-corrected chi connectivity index (χ1v) is 12.4. The number of carbonyl (C=O) groups is 1. The standard InChI is InChI=1S/C23H22IN3O3S/c1-17(19-8-12-21(24)13-9-19)25-26-23(28)20-10-14-22(15-11-20)27(31(2,29)30)16-18-6-4-3-5-7-18/h3-15H,16H2,1-2H3,(H,26,28)/b25-17-. The average molecular weight is 547 g/mol. The first-order valence-electron chi connectivity index (χ1n) is 9.46. The number of amides is 1. The summed E-state index contributed by atoms with van der Waals surface area (Å²) in [5.41, 5.74) is 5.89. The summed E-state index contributed by atoms with van der Waals surface area (Å²) in [5, 5.41) is 4.16. The number of hydrogen-bond acceptors (Lipinski definition) is 4. The van der Waals surface area contributed by atoms with Crippen LogP contribution < -0.4 is 9.73 Å². The second-order valence-electron chi connectivity index (χ2n) is 6.95. The highest BCUT2D eigenvalue weighted by Crippen LogP contribution is 2.21. The Morgan fingerprint density at radius 2 is 1.52 bits per heavy atom. The van der Waals surface area contributed by atoms with E-state index < -0.39 is 10.0 Å². The van der Waals surface area contributed by atoms with Crippen LogP contribution in [0.4, 0.5) is 5.69 Å². The maximum atomic E-state index is 12.5. The minimum absolute atomic E-state index is 0.213. The van der Waals surface area contributed by atoms with Crippen molar-refractivity contribution in [2.75, 3.05) is 10.6 Å². The van der Waals surface area contributed by atoms with E-state index in [0.717, 1.165) is 14.7 Å². The Morgan fingerprint density at radius 3 is 2.10 bits per heavy atom. The number of nitrogens with zero attached hydrogens (tertiary/aromatic N) is 2. The molecule has 0 aliphatic rings. The lowest BCUT2D eigenvalue weighted by Crippen LogP contribution is -2.29. The molecule has 8 heteroatoms. The molecule has 0 unspecified atom stereocenters. The summed E-state index contributed by atoms with van der Waals surface area (Å²) in [6.45, 7) is 2.03. The summed E-state index contributed by atoms with van der Waals surface area (Å²) in [7, 11) is -3.49. The average Bonchev–Trinajstić information content (AvgIpc) is 2.76. The van der Waals surface area contributed by atoms with Crippen LogP contribution >= 0.6 is 22.6 Å². The number of carbonyl (C=O) groups excluding carboxylic acids is 1. The van der Waals surface area contributed by atoms with Gasteiger partial charge in [-0.1, -0.05) is 42.5 Å². The summed E-state index contributed by atoms with van der Waals surface area (Å²) in [6, 6.07) is 23.6. The number of halogens is 1. The van der Waals surface area contributed by atoms with Crippen LogP contribution in [0, 0.1) is 3.57 Å². The van der Waals surface area contributed by atoms with Gasteiger partial charge in [0, 0.05) is 9.13 Å². The lowest BCUT2D eigenvalue weighted by molar-refractivity contribution is 0.0955. The van der Waals surface area contributed by atoms with E-state index in [9.17, 15) is 13.2 Å². The minimum Gasteiger partial charge on any atom is -0.267 e. The summed E-state index contributed by atoms with van der Waals surface area (Å²) in [6.07, 6.45) is 1.17. The Balaban J connectivity index is 1.73. The van der Waals surface area contributed by atoms with Gasteiger partial charge >= 0.3 is 0 Å². The van der Waals surface area contributed by atoms with Crippen LogP contribution in [0.5, 0.6) is 0 Å². The van der Waals surface area contributed by atoms with Crippen LogP contribution in [0.25, 0.3) is 0 Å². The third kappa shape index (κ3) is 6.38. The first kappa shape index (κ1) is 23.0. The molecule has 0 radical (unpaired) electrons. The number of sulfonamides is 1. The monoisotopic (exact) mass is 547 g/mol. The third-order valence-electron chi connectivity index (χ3n) is 4.57. The number of anilines is 1. The van der Waals surface area contributed by atoms with Gasteiger partial charge < -0.3 is 0 Å². The molecule has 0 fully saturated rings. The zero-order chi connectivity index (χ0) is 22.4. The third-order valence-corrected chi connectivity index (χ3v) is 6.43. The van der Waals surface area contributed by atoms with Crippen molar-refractivity contribution in [3.8, 4) is 0 Å². The largest absolute Gasteiger partial charge is 0.271 e. The molecule has 0 heterocycles. The van der Waals surface area contributed by atoms with Crippen molar-refractivity contribution in [3.63, 3.8) is 0 Å². The molecule has 3 aromatic rings. The van der Waals surface area contributed by atoms with Gasteiger partial charge in [0.2, 0.25) is 10.0 Å². The van der Waals surface area contributed by atoms with E-state index in [1.165, 1.54) is 10.6 Å². The molecule has 0 bridgehead atoms. The summed E-state index contributed by atoms with van der Waals surface area (Å²) >= 11 is 2.23. The molecule has 0 atom stereocenters. The SMILES string of the molecule is C/C(=N/NC(=O)c1ccc(N(Cc2ccccc2)S(C)(=O)=O)cc1)c1ccc(I)cc1. The fourth-order valence-corrected chi connectivity index (χ4v) is 4.13. The molecular formula is C23H22IN3O3S. The van der Waals surface area contributed by atoms with Crippen LogP contribution in [0.2, 0.25) is 0 Å². The topological polar surface area (TPSA) is 78.8 Å². The Hall–Kier alpha value is -2.72. The van der Waals surface area contributed by atoms with Gasteiger partial charge in [-0.05, 0) is 77.0 Å².